The largest absolute Gasteiger partial charge is 0.393 e. The molecule has 2 aliphatic rings. The van der Waals surface area contributed by atoms with Gasteiger partial charge in [-0.15, -0.1) is 0 Å². The van der Waals surface area contributed by atoms with Crippen molar-refractivity contribution in [2.75, 3.05) is 6.61 Å². The van der Waals surface area contributed by atoms with Crippen molar-refractivity contribution in [1.29, 1.82) is 0 Å². The monoisotopic (exact) mass is 252 g/mol. The average Bonchev–Trinajstić information content (AvgIpc) is 2.34. The molecule has 1 saturated carbocycles. The highest BCUT2D eigenvalue weighted by Crippen LogP contribution is 2.53. The van der Waals surface area contributed by atoms with Crippen LogP contribution in [0.15, 0.2) is 23.8 Å². The summed E-state index contributed by atoms with van der Waals surface area (Å²) in [6.45, 7) is 8.11. The minimum absolute atomic E-state index is 0.0173. The summed E-state index contributed by atoms with van der Waals surface area (Å²) in [5.74, 6) is 0.380. The summed E-state index contributed by atoms with van der Waals surface area (Å²) in [5.41, 5.74) is 1.74. The molecule has 0 bridgehead atoms. The second-order valence-electron chi connectivity index (χ2n) is 6.14. The molecular weight excluding hydrogens is 228 g/mol. The Morgan fingerprint density at radius 1 is 1.50 bits per heavy atom. The Balaban J connectivity index is 2.31. The molecule has 5 unspecified atom stereocenters. The van der Waals surface area contributed by atoms with E-state index < -0.39 is 12.2 Å². The molecule has 2 aliphatic carbocycles. The van der Waals surface area contributed by atoms with Crippen LogP contribution in [0.25, 0.3) is 0 Å². The standard InChI is InChI=1S/C15H24O3/c1-9(8-16)11-4-5-12-14(18)6-13(17)10(2)15(12,3)7-11/h5,10-11,13-14,16-18H,1,4,6-8H2,2-3H3. The van der Waals surface area contributed by atoms with Gasteiger partial charge >= 0.3 is 0 Å². The highest BCUT2D eigenvalue weighted by atomic mass is 16.3. The van der Waals surface area contributed by atoms with E-state index in [1.807, 2.05) is 0 Å². The van der Waals surface area contributed by atoms with E-state index in [9.17, 15) is 15.3 Å². The van der Waals surface area contributed by atoms with E-state index in [1.165, 1.54) is 0 Å². The number of rotatable bonds is 2. The van der Waals surface area contributed by atoms with E-state index in [-0.39, 0.29) is 23.9 Å². The highest BCUT2D eigenvalue weighted by molar-refractivity contribution is 5.28. The van der Waals surface area contributed by atoms with Crippen molar-refractivity contribution >= 4 is 0 Å². The number of fused-ring (bicyclic) bond motifs is 1. The van der Waals surface area contributed by atoms with Crippen molar-refractivity contribution in [2.45, 2.75) is 45.3 Å². The summed E-state index contributed by atoms with van der Waals surface area (Å²) in [7, 11) is 0. The van der Waals surface area contributed by atoms with Crippen LogP contribution >= 0.6 is 0 Å². The summed E-state index contributed by atoms with van der Waals surface area (Å²) in [4.78, 5) is 0. The molecule has 5 atom stereocenters. The van der Waals surface area contributed by atoms with E-state index >= 15 is 0 Å². The maximum atomic E-state index is 10.1. The minimum atomic E-state index is -0.524. The van der Waals surface area contributed by atoms with Crippen molar-refractivity contribution in [3.63, 3.8) is 0 Å². The summed E-state index contributed by atoms with van der Waals surface area (Å²) in [6.07, 6.45) is 3.25. The van der Waals surface area contributed by atoms with Crippen LogP contribution in [-0.2, 0) is 0 Å². The van der Waals surface area contributed by atoms with Gasteiger partial charge < -0.3 is 15.3 Å². The second kappa shape index (κ2) is 4.80. The lowest BCUT2D eigenvalue weighted by Crippen LogP contribution is -2.48. The number of allylic oxidation sites excluding steroid dienone is 1. The van der Waals surface area contributed by atoms with E-state index in [2.05, 4.69) is 26.5 Å². The van der Waals surface area contributed by atoms with Crippen LogP contribution in [0.5, 0.6) is 0 Å². The Labute approximate surface area is 109 Å². The highest BCUT2D eigenvalue weighted by Gasteiger charge is 2.48. The molecule has 0 spiro atoms. The smallest absolute Gasteiger partial charge is 0.0780 e. The summed E-state index contributed by atoms with van der Waals surface area (Å²) in [5, 5.41) is 29.4. The van der Waals surface area contributed by atoms with Gasteiger partial charge in [-0.2, -0.15) is 0 Å². The molecule has 0 aromatic heterocycles. The van der Waals surface area contributed by atoms with Crippen LogP contribution in [0, 0.1) is 17.3 Å². The van der Waals surface area contributed by atoms with Crippen LogP contribution in [0.2, 0.25) is 0 Å². The Morgan fingerprint density at radius 2 is 2.17 bits per heavy atom. The molecule has 3 N–H and O–H groups in total. The SMILES string of the molecule is C=C(CO)C1CC=C2C(O)CC(O)C(C)C2(C)C1. The van der Waals surface area contributed by atoms with Gasteiger partial charge in [0.2, 0.25) is 0 Å². The molecule has 3 nitrogen and oxygen atoms in total. The first-order chi connectivity index (χ1) is 8.40. The summed E-state index contributed by atoms with van der Waals surface area (Å²) < 4.78 is 0. The molecule has 1 fully saturated rings. The first kappa shape index (κ1) is 13.8. The van der Waals surface area contributed by atoms with Gasteiger partial charge in [0.1, 0.15) is 0 Å². The van der Waals surface area contributed by atoms with Gasteiger partial charge in [-0.05, 0) is 41.2 Å². The molecule has 0 aromatic rings. The van der Waals surface area contributed by atoms with Gasteiger partial charge in [0.05, 0.1) is 18.8 Å². The maximum Gasteiger partial charge on any atom is 0.0780 e. The molecule has 0 saturated heterocycles. The minimum Gasteiger partial charge on any atom is -0.393 e. The van der Waals surface area contributed by atoms with E-state index in [0.717, 1.165) is 24.0 Å². The number of hydrogen-bond donors (Lipinski definition) is 3. The first-order valence-corrected chi connectivity index (χ1v) is 6.75. The van der Waals surface area contributed by atoms with Gasteiger partial charge in [0.25, 0.3) is 0 Å². The number of aliphatic hydroxyl groups is 3. The second-order valence-corrected chi connectivity index (χ2v) is 6.14. The predicted octanol–water partition coefficient (Wildman–Crippen LogP) is 1.64. The Morgan fingerprint density at radius 3 is 2.78 bits per heavy atom. The fourth-order valence-corrected chi connectivity index (χ4v) is 3.61. The van der Waals surface area contributed by atoms with Gasteiger partial charge in [0, 0.05) is 6.42 Å². The molecule has 0 heterocycles. The molecule has 3 heteroatoms. The Bertz CT molecular complexity index is 374. The Hall–Kier alpha value is -0.640. The zero-order valence-corrected chi connectivity index (χ0v) is 11.3. The zero-order valence-electron chi connectivity index (χ0n) is 11.3. The van der Waals surface area contributed by atoms with Crippen molar-refractivity contribution in [3.8, 4) is 0 Å². The summed E-state index contributed by atoms with van der Waals surface area (Å²) >= 11 is 0. The third kappa shape index (κ3) is 2.04. The molecule has 0 amide bonds. The van der Waals surface area contributed by atoms with Crippen molar-refractivity contribution < 1.29 is 15.3 Å². The molecule has 0 radical (unpaired) electrons. The van der Waals surface area contributed by atoms with E-state index in [1.54, 1.807) is 0 Å². The number of aliphatic hydroxyl groups excluding tert-OH is 3. The molecule has 18 heavy (non-hydrogen) atoms. The average molecular weight is 252 g/mol. The maximum absolute atomic E-state index is 10.1. The molecule has 0 aliphatic heterocycles. The third-order valence-electron chi connectivity index (χ3n) is 5.14. The fourth-order valence-electron chi connectivity index (χ4n) is 3.61. The predicted molar refractivity (Wildman–Crippen MR) is 70.9 cm³/mol. The van der Waals surface area contributed by atoms with E-state index in [0.29, 0.717) is 6.42 Å². The van der Waals surface area contributed by atoms with Gasteiger partial charge in [0.15, 0.2) is 0 Å². The molecule has 2 rings (SSSR count). The lowest BCUT2D eigenvalue weighted by molar-refractivity contribution is -0.0353. The van der Waals surface area contributed by atoms with Crippen molar-refractivity contribution in [2.24, 2.45) is 17.3 Å². The molecule has 102 valence electrons. The lowest BCUT2D eigenvalue weighted by Gasteiger charge is -2.50. The van der Waals surface area contributed by atoms with Gasteiger partial charge in [-0.3, -0.25) is 0 Å². The van der Waals surface area contributed by atoms with Crippen LogP contribution < -0.4 is 0 Å². The van der Waals surface area contributed by atoms with E-state index in [4.69, 9.17) is 0 Å². The number of hydrogen-bond acceptors (Lipinski definition) is 3. The van der Waals surface area contributed by atoms with Crippen LogP contribution in [0.4, 0.5) is 0 Å². The van der Waals surface area contributed by atoms with Crippen molar-refractivity contribution in [1.82, 2.24) is 0 Å². The van der Waals surface area contributed by atoms with Crippen LogP contribution in [0.3, 0.4) is 0 Å². The summed E-state index contributed by atoms with van der Waals surface area (Å²) in [6, 6.07) is 0. The topological polar surface area (TPSA) is 60.7 Å². The van der Waals surface area contributed by atoms with Crippen LogP contribution in [0.1, 0.15) is 33.1 Å². The van der Waals surface area contributed by atoms with Crippen molar-refractivity contribution in [3.05, 3.63) is 23.8 Å². The molecule has 0 aromatic carbocycles. The third-order valence-corrected chi connectivity index (χ3v) is 5.14. The van der Waals surface area contributed by atoms with Gasteiger partial charge in [-0.25, -0.2) is 0 Å². The fraction of sp³-hybridized carbons (Fsp3) is 0.733. The molecular formula is C15H24O3. The van der Waals surface area contributed by atoms with Crippen LogP contribution in [-0.4, -0.2) is 34.1 Å². The quantitative estimate of drug-likeness (QED) is 0.655. The zero-order chi connectivity index (χ0) is 13.5. The Kier molecular flexibility index (Phi) is 3.67. The lowest BCUT2D eigenvalue weighted by atomic mass is 9.56. The van der Waals surface area contributed by atoms with Gasteiger partial charge in [-0.1, -0.05) is 26.5 Å². The first-order valence-electron chi connectivity index (χ1n) is 6.75. The normalized spacial score (nSPS) is 44.2.